The Kier molecular flexibility index (Phi) is 3.88. The maximum absolute atomic E-state index is 12.5. The molecule has 1 amide bonds. The number of pyridine rings is 1. The summed E-state index contributed by atoms with van der Waals surface area (Å²) in [6.45, 7) is 0. The lowest BCUT2D eigenvalue weighted by molar-refractivity contribution is 0.103. The first-order valence-corrected chi connectivity index (χ1v) is 8.73. The maximum Gasteiger partial charge on any atom is 0.265 e. The molecule has 2 aromatic heterocycles. The predicted octanol–water partition coefficient (Wildman–Crippen LogP) is 6.01. The van der Waals surface area contributed by atoms with Gasteiger partial charge in [-0.3, -0.25) is 4.79 Å². The van der Waals surface area contributed by atoms with Gasteiger partial charge in [0.25, 0.3) is 5.91 Å². The Balaban J connectivity index is 1.68. The lowest BCUT2D eigenvalue weighted by Gasteiger charge is -2.04. The van der Waals surface area contributed by atoms with Gasteiger partial charge >= 0.3 is 0 Å². The number of hydrogen-bond donors (Lipinski definition) is 1. The van der Waals surface area contributed by atoms with Gasteiger partial charge < -0.3 is 5.32 Å². The average Bonchev–Trinajstić information content (AvgIpc) is 2.99. The first-order valence-electron chi connectivity index (χ1n) is 7.16. The molecule has 0 bridgehead atoms. The van der Waals surface area contributed by atoms with Crippen LogP contribution in [0.2, 0.25) is 10.0 Å². The van der Waals surface area contributed by atoms with Crippen molar-refractivity contribution in [3.8, 4) is 0 Å². The number of para-hydroxylation sites is 1. The number of carbonyl (C=O) groups is 1. The number of amides is 1. The zero-order chi connectivity index (χ0) is 16.7. The molecule has 0 saturated heterocycles. The number of thiophene rings is 1. The lowest BCUT2D eigenvalue weighted by atomic mass is 10.2. The van der Waals surface area contributed by atoms with E-state index in [0.717, 1.165) is 21.1 Å². The summed E-state index contributed by atoms with van der Waals surface area (Å²) in [5.41, 5.74) is 1.52. The van der Waals surface area contributed by atoms with Gasteiger partial charge in [0.05, 0.1) is 20.4 Å². The van der Waals surface area contributed by atoms with E-state index in [4.69, 9.17) is 23.2 Å². The minimum Gasteiger partial charge on any atom is -0.321 e. The van der Waals surface area contributed by atoms with E-state index in [0.29, 0.717) is 20.6 Å². The minimum absolute atomic E-state index is 0.194. The minimum atomic E-state index is -0.194. The van der Waals surface area contributed by atoms with Crippen LogP contribution in [0.5, 0.6) is 0 Å². The number of aromatic nitrogens is 1. The zero-order valence-electron chi connectivity index (χ0n) is 12.2. The van der Waals surface area contributed by atoms with Crippen LogP contribution in [0.15, 0.2) is 54.6 Å². The molecule has 2 heterocycles. The van der Waals surface area contributed by atoms with Crippen LogP contribution in [0.4, 0.5) is 5.69 Å². The summed E-state index contributed by atoms with van der Waals surface area (Å²) in [5, 5.41) is 5.69. The van der Waals surface area contributed by atoms with Crippen molar-refractivity contribution in [2.75, 3.05) is 5.32 Å². The average molecular weight is 373 g/mol. The van der Waals surface area contributed by atoms with Crippen LogP contribution in [0.3, 0.4) is 0 Å². The van der Waals surface area contributed by atoms with E-state index in [2.05, 4.69) is 10.3 Å². The number of fused-ring (bicyclic) bond motifs is 2. The largest absolute Gasteiger partial charge is 0.321 e. The Labute approximate surface area is 151 Å². The monoisotopic (exact) mass is 372 g/mol. The van der Waals surface area contributed by atoms with E-state index in [1.807, 2.05) is 36.4 Å². The summed E-state index contributed by atoms with van der Waals surface area (Å²) < 4.78 is 0. The van der Waals surface area contributed by atoms with Crippen LogP contribution in [-0.2, 0) is 0 Å². The van der Waals surface area contributed by atoms with Crippen LogP contribution in [0.25, 0.3) is 21.1 Å². The number of hydrogen-bond acceptors (Lipinski definition) is 3. The normalized spacial score (nSPS) is 11.1. The molecule has 4 aromatic rings. The van der Waals surface area contributed by atoms with Gasteiger partial charge in [0.2, 0.25) is 0 Å². The highest BCUT2D eigenvalue weighted by Crippen LogP contribution is 2.29. The maximum atomic E-state index is 12.5. The second-order valence-corrected chi connectivity index (χ2v) is 7.11. The molecular formula is C18H10Cl2N2OS. The summed E-state index contributed by atoms with van der Waals surface area (Å²) in [4.78, 5) is 18.5. The van der Waals surface area contributed by atoms with Crippen molar-refractivity contribution in [1.82, 2.24) is 4.98 Å². The van der Waals surface area contributed by atoms with E-state index >= 15 is 0 Å². The molecule has 0 atom stereocenters. The lowest BCUT2D eigenvalue weighted by Crippen LogP contribution is -2.09. The number of nitrogens with zero attached hydrogens (tertiary/aromatic N) is 1. The predicted molar refractivity (Wildman–Crippen MR) is 102 cm³/mol. The Morgan fingerprint density at radius 3 is 2.62 bits per heavy atom. The molecule has 0 saturated carbocycles. The van der Waals surface area contributed by atoms with Crippen molar-refractivity contribution < 1.29 is 4.79 Å². The Morgan fingerprint density at radius 1 is 0.958 bits per heavy atom. The molecule has 0 aliphatic carbocycles. The number of carbonyl (C=O) groups excluding carboxylic acids is 1. The third-order valence-electron chi connectivity index (χ3n) is 3.61. The fourth-order valence-corrected chi connectivity index (χ4v) is 3.67. The van der Waals surface area contributed by atoms with Crippen molar-refractivity contribution in [2.24, 2.45) is 0 Å². The van der Waals surface area contributed by atoms with E-state index in [-0.39, 0.29) is 5.91 Å². The molecular weight excluding hydrogens is 363 g/mol. The van der Waals surface area contributed by atoms with Crippen LogP contribution in [0.1, 0.15) is 9.67 Å². The molecule has 2 aromatic carbocycles. The number of halogens is 2. The molecule has 0 aliphatic rings. The number of nitrogens with one attached hydrogen (secondary N) is 1. The third kappa shape index (κ3) is 2.84. The van der Waals surface area contributed by atoms with Gasteiger partial charge in [0, 0.05) is 16.5 Å². The quantitative estimate of drug-likeness (QED) is 0.468. The molecule has 0 aliphatic heterocycles. The molecule has 6 heteroatoms. The Hall–Kier alpha value is -2.14. The highest BCUT2D eigenvalue weighted by molar-refractivity contribution is 7.20. The van der Waals surface area contributed by atoms with Crippen LogP contribution in [-0.4, -0.2) is 10.9 Å². The topological polar surface area (TPSA) is 42.0 Å². The van der Waals surface area contributed by atoms with Gasteiger partial charge in [0.1, 0.15) is 4.83 Å². The molecule has 118 valence electrons. The van der Waals surface area contributed by atoms with Gasteiger partial charge in [-0.25, -0.2) is 4.98 Å². The fraction of sp³-hybridized carbons (Fsp3) is 0. The molecule has 0 unspecified atom stereocenters. The molecule has 3 nitrogen and oxygen atoms in total. The van der Waals surface area contributed by atoms with Crippen molar-refractivity contribution in [3.05, 3.63) is 69.5 Å². The molecule has 0 spiro atoms. The molecule has 0 fully saturated rings. The summed E-state index contributed by atoms with van der Waals surface area (Å²) in [7, 11) is 0. The second kappa shape index (κ2) is 6.06. The standard InChI is InChI=1S/C18H10Cl2N2OS/c19-13-6-5-12(9-14(13)20)21-17(23)16-8-11-7-10-3-1-2-4-15(10)22-18(11)24-16/h1-9H,(H,21,23). The first-order chi connectivity index (χ1) is 11.6. The van der Waals surface area contributed by atoms with Gasteiger partial charge in [-0.05, 0) is 36.4 Å². The fourth-order valence-electron chi connectivity index (χ4n) is 2.45. The van der Waals surface area contributed by atoms with Crippen molar-refractivity contribution in [1.29, 1.82) is 0 Å². The smallest absolute Gasteiger partial charge is 0.265 e. The van der Waals surface area contributed by atoms with Gasteiger partial charge in [0.15, 0.2) is 0 Å². The summed E-state index contributed by atoms with van der Waals surface area (Å²) in [6, 6.07) is 16.8. The van der Waals surface area contributed by atoms with Gasteiger partial charge in [-0.15, -0.1) is 11.3 Å². The van der Waals surface area contributed by atoms with Gasteiger partial charge in [-0.1, -0.05) is 41.4 Å². The van der Waals surface area contributed by atoms with Crippen molar-refractivity contribution in [2.45, 2.75) is 0 Å². The van der Waals surface area contributed by atoms with Crippen LogP contribution in [0, 0.1) is 0 Å². The van der Waals surface area contributed by atoms with E-state index in [1.165, 1.54) is 11.3 Å². The molecule has 0 radical (unpaired) electrons. The third-order valence-corrected chi connectivity index (χ3v) is 5.39. The van der Waals surface area contributed by atoms with E-state index < -0.39 is 0 Å². The molecule has 24 heavy (non-hydrogen) atoms. The van der Waals surface area contributed by atoms with E-state index in [1.54, 1.807) is 18.2 Å². The van der Waals surface area contributed by atoms with Gasteiger partial charge in [-0.2, -0.15) is 0 Å². The summed E-state index contributed by atoms with van der Waals surface area (Å²) in [6.07, 6.45) is 0. The van der Waals surface area contributed by atoms with Crippen molar-refractivity contribution in [3.63, 3.8) is 0 Å². The summed E-state index contributed by atoms with van der Waals surface area (Å²) in [5.74, 6) is -0.194. The number of benzene rings is 2. The summed E-state index contributed by atoms with van der Waals surface area (Å²) >= 11 is 13.2. The van der Waals surface area contributed by atoms with Crippen molar-refractivity contribution >= 4 is 67.3 Å². The highest BCUT2D eigenvalue weighted by atomic mass is 35.5. The molecule has 1 N–H and O–H groups in total. The zero-order valence-corrected chi connectivity index (χ0v) is 14.5. The Morgan fingerprint density at radius 2 is 1.79 bits per heavy atom. The number of anilines is 1. The number of rotatable bonds is 2. The van der Waals surface area contributed by atoms with Crippen LogP contribution >= 0.6 is 34.5 Å². The highest BCUT2D eigenvalue weighted by Gasteiger charge is 2.12. The second-order valence-electron chi connectivity index (χ2n) is 5.27. The SMILES string of the molecule is O=C(Nc1ccc(Cl)c(Cl)c1)c1cc2cc3ccccc3nc2s1. The van der Waals surface area contributed by atoms with Crippen LogP contribution < -0.4 is 5.32 Å². The molecule has 4 rings (SSSR count). The van der Waals surface area contributed by atoms with E-state index in [9.17, 15) is 4.79 Å². The Bertz CT molecular complexity index is 1040. The first kappa shape index (κ1) is 15.4.